The van der Waals surface area contributed by atoms with Crippen LogP contribution in [0.1, 0.15) is 0 Å². The van der Waals surface area contributed by atoms with E-state index in [0.717, 1.165) is 4.90 Å². The molecule has 0 saturated carbocycles. The van der Waals surface area contributed by atoms with Crippen molar-refractivity contribution in [3.05, 3.63) is 53.1 Å². The van der Waals surface area contributed by atoms with Crippen LogP contribution in [0.3, 0.4) is 0 Å². The van der Waals surface area contributed by atoms with E-state index in [0.29, 0.717) is 4.91 Å². The minimum absolute atomic E-state index is 0.00223. The number of hydrogen-bond donors (Lipinski definition) is 1. The highest BCUT2D eigenvalue weighted by molar-refractivity contribution is 8.04. The minimum Gasteiger partial charge on any atom is -0.395 e. The van der Waals surface area contributed by atoms with Gasteiger partial charge in [0.1, 0.15) is 0 Å². The fourth-order valence-corrected chi connectivity index (χ4v) is 2.12. The summed E-state index contributed by atoms with van der Waals surface area (Å²) in [5.41, 5.74) is 5.36. The number of thioether (sulfide) groups is 1. The van der Waals surface area contributed by atoms with Gasteiger partial charge in [-0.05, 0) is 12.1 Å². The van der Waals surface area contributed by atoms with Gasteiger partial charge in [0.05, 0.1) is 10.6 Å². The van der Waals surface area contributed by atoms with Crippen molar-refractivity contribution < 1.29 is 9.59 Å². The number of allylic oxidation sites excluding steroid dienone is 3. The zero-order valence-corrected chi connectivity index (χ0v) is 9.16. The van der Waals surface area contributed by atoms with Gasteiger partial charge in [0, 0.05) is 17.0 Å². The van der Waals surface area contributed by atoms with Crippen molar-refractivity contribution in [1.29, 1.82) is 0 Å². The monoisotopic (exact) mass is 231 g/mol. The second kappa shape index (κ2) is 4.37. The van der Waals surface area contributed by atoms with E-state index < -0.39 is 0 Å². The highest BCUT2D eigenvalue weighted by Gasteiger charge is 2.18. The Morgan fingerprint density at radius 2 is 1.62 bits per heavy atom. The second-order valence-electron chi connectivity index (χ2n) is 3.25. The quantitative estimate of drug-likeness (QED) is 0.786. The van der Waals surface area contributed by atoms with E-state index in [1.165, 1.54) is 23.9 Å². The van der Waals surface area contributed by atoms with Crippen molar-refractivity contribution >= 4 is 23.3 Å². The Morgan fingerprint density at radius 3 is 2.31 bits per heavy atom. The van der Waals surface area contributed by atoms with Gasteiger partial charge in [0.25, 0.3) is 0 Å². The van der Waals surface area contributed by atoms with Gasteiger partial charge >= 0.3 is 0 Å². The molecule has 1 aromatic rings. The third-order valence-electron chi connectivity index (χ3n) is 2.05. The first-order valence-corrected chi connectivity index (χ1v) is 5.49. The molecule has 1 aliphatic rings. The van der Waals surface area contributed by atoms with Gasteiger partial charge in [-0.3, -0.25) is 9.59 Å². The predicted molar refractivity (Wildman–Crippen MR) is 62.7 cm³/mol. The number of carbonyl (C=O) groups is 2. The summed E-state index contributed by atoms with van der Waals surface area (Å²) in [5.74, 6) is -0.524. The molecule has 0 amide bonds. The molecule has 16 heavy (non-hydrogen) atoms. The van der Waals surface area contributed by atoms with Crippen molar-refractivity contribution in [2.75, 3.05) is 0 Å². The Kier molecular flexibility index (Phi) is 2.92. The number of rotatable bonds is 2. The molecule has 1 aliphatic carbocycles. The Balaban J connectivity index is 2.21. The summed E-state index contributed by atoms with van der Waals surface area (Å²) in [4.78, 5) is 24.2. The Labute approximate surface area is 97.0 Å². The summed E-state index contributed by atoms with van der Waals surface area (Å²) in [6.07, 6.45) is 2.46. The molecule has 2 N–H and O–H groups in total. The fourth-order valence-electron chi connectivity index (χ4n) is 1.25. The van der Waals surface area contributed by atoms with E-state index in [-0.39, 0.29) is 17.3 Å². The van der Waals surface area contributed by atoms with E-state index >= 15 is 0 Å². The lowest BCUT2D eigenvalue weighted by Crippen LogP contribution is -2.17. The van der Waals surface area contributed by atoms with Gasteiger partial charge in [-0.15, -0.1) is 0 Å². The molecule has 0 unspecified atom stereocenters. The number of ketones is 2. The van der Waals surface area contributed by atoms with Gasteiger partial charge in [0.2, 0.25) is 5.78 Å². The topological polar surface area (TPSA) is 60.2 Å². The molecule has 0 bridgehead atoms. The Morgan fingerprint density at radius 1 is 0.938 bits per heavy atom. The maximum absolute atomic E-state index is 11.6. The van der Waals surface area contributed by atoms with Crippen LogP contribution in [0.5, 0.6) is 0 Å². The first-order chi connectivity index (χ1) is 7.66. The molecule has 80 valence electrons. The van der Waals surface area contributed by atoms with Crippen LogP contribution in [0.15, 0.2) is 58.0 Å². The maximum atomic E-state index is 11.6. The van der Waals surface area contributed by atoms with Crippen LogP contribution in [0, 0.1) is 0 Å². The minimum atomic E-state index is -0.307. The molecule has 0 heterocycles. The standard InChI is InChI=1S/C12H9NO2S/c13-9-6-11(15)12(7-10(9)14)16-8-4-2-1-3-5-8/h1-7H,13H2. The summed E-state index contributed by atoms with van der Waals surface area (Å²) in [6.45, 7) is 0. The average Bonchev–Trinajstić information content (AvgIpc) is 2.27. The van der Waals surface area contributed by atoms with Crippen molar-refractivity contribution in [2.45, 2.75) is 4.90 Å². The smallest absolute Gasteiger partial charge is 0.202 e. The normalized spacial score (nSPS) is 15.8. The SMILES string of the molecule is NC1=CC(=O)C(Sc2ccccc2)=CC1=O. The van der Waals surface area contributed by atoms with E-state index in [2.05, 4.69) is 0 Å². The molecule has 3 nitrogen and oxygen atoms in total. The van der Waals surface area contributed by atoms with Crippen molar-refractivity contribution in [3.8, 4) is 0 Å². The lowest BCUT2D eigenvalue weighted by molar-refractivity contribution is -0.114. The van der Waals surface area contributed by atoms with Gasteiger partial charge < -0.3 is 5.73 Å². The van der Waals surface area contributed by atoms with Crippen LogP contribution in [0.4, 0.5) is 0 Å². The molecular formula is C12H9NO2S. The van der Waals surface area contributed by atoms with Crippen molar-refractivity contribution in [2.24, 2.45) is 5.73 Å². The molecule has 2 rings (SSSR count). The third-order valence-corrected chi connectivity index (χ3v) is 3.09. The van der Waals surface area contributed by atoms with Crippen LogP contribution in [0.2, 0.25) is 0 Å². The van der Waals surface area contributed by atoms with E-state index in [4.69, 9.17) is 5.73 Å². The molecule has 0 atom stereocenters. The summed E-state index contributed by atoms with van der Waals surface area (Å²) in [7, 11) is 0. The molecule has 0 fully saturated rings. The lowest BCUT2D eigenvalue weighted by Gasteiger charge is -2.08. The summed E-state index contributed by atoms with van der Waals surface area (Å²) >= 11 is 1.27. The van der Waals surface area contributed by atoms with E-state index in [1.807, 2.05) is 30.3 Å². The first kappa shape index (κ1) is 10.7. The van der Waals surface area contributed by atoms with Crippen LogP contribution in [-0.2, 0) is 9.59 Å². The van der Waals surface area contributed by atoms with E-state index in [1.54, 1.807) is 0 Å². The molecule has 0 saturated heterocycles. The summed E-state index contributed by atoms with van der Waals surface area (Å²) in [6, 6.07) is 9.41. The zero-order chi connectivity index (χ0) is 11.5. The molecule has 0 spiro atoms. The van der Waals surface area contributed by atoms with Crippen LogP contribution in [0.25, 0.3) is 0 Å². The molecule has 0 aromatic heterocycles. The van der Waals surface area contributed by atoms with Crippen LogP contribution < -0.4 is 5.73 Å². The molecule has 4 heteroatoms. The molecule has 0 aliphatic heterocycles. The van der Waals surface area contributed by atoms with Crippen LogP contribution >= 0.6 is 11.8 Å². The van der Waals surface area contributed by atoms with Gasteiger partial charge in [-0.2, -0.15) is 0 Å². The van der Waals surface area contributed by atoms with Gasteiger partial charge in [-0.25, -0.2) is 0 Å². The van der Waals surface area contributed by atoms with Crippen molar-refractivity contribution in [1.82, 2.24) is 0 Å². The lowest BCUT2D eigenvalue weighted by atomic mass is 10.1. The third kappa shape index (κ3) is 2.23. The van der Waals surface area contributed by atoms with Crippen LogP contribution in [-0.4, -0.2) is 11.6 Å². The highest BCUT2D eigenvalue weighted by atomic mass is 32.2. The molecular weight excluding hydrogens is 222 g/mol. The largest absolute Gasteiger partial charge is 0.395 e. The number of benzene rings is 1. The number of carbonyl (C=O) groups excluding carboxylic acids is 2. The fraction of sp³-hybridized carbons (Fsp3) is 0. The maximum Gasteiger partial charge on any atom is 0.202 e. The Bertz CT molecular complexity index is 503. The molecule has 0 radical (unpaired) electrons. The van der Waals surface area contributed by atoms with E-state index in [9.17, 15) is 9.59 Å². The highest BCUT2D eigenvalue weighted by Crippen LogP contribution is 2.29. The number of hydrogen-bond acceptors (Lipinski definition) is 4. The predicted octanol–water partition coefficient (Wildman–Crippen LogP) is 1.66. The van der Waals surface area contributed by atoms with Gasteiger partial charge in [0.15, 0.2) is 5.78 Å². The summed E-state index contributed by atoms with van der Waals surface area (Å²) < 4.78 is 0. The van der Waals surface area contributed by atoms with Crippen molar-refractivity contribution in [3.63, 3.8) is 0 Å². The molecule has 1 aromatic carbocycles. The zero-order valence-electron chi connectivity index (χ0n) is 8.34. The van der Waals surface area contributed by atoms with Gasteiger partial charge in [-0.1, -0.05) is 30.0 Å². The average molecular weight is 231 g/mol. The Hall–Kier alpha value is -1.81. The second-order valence-corrected chi connectivity index (χ2v) is 4.37. The number of nitrogens with two attached hydrogens (primary N) is 1. The summed E-state index contributed by atoms with van der Waals surface area (Å²) in [5, 5.41) is 0. The first-order valence-electron chi connectivity index (χ1n) is 4.67.